The van der Waals surface area contributed by atoms with E-state index in [1.54, 1.807) is 0 Å². The van der Waals surface area contributed by atoms with Crippen LogP contribution in [-0.4, -0.2) is 21.2 Å². The summed E-state index contributed by atoms with van der Waals surface area (Å²) in [4.78, 5) is 18.9. The number of carbonyl (C=O) groups is 2. The quantitative estimate of drug-likeness (QED) is 0.444. The standard InChI is InChI=1S/C2H4N2O4S/c5-1-3-9(7,8)4-2-6/h1-2H,(H,3,5)(H,4,6). The molecule has 0 atom stereocenters. The van der Waals surface area contributed by atoms with Crippen LogP contribution >= 0.6 is 0 Å². The second-order valence-corrected chi connectivity index (χ2v) is 2.45. The van der Waals surface area contributed by atoms with Crippen LogP contribution in [0, 0.1) is 0 Å². The minimum Gasteiger partial charge on any atom is -0.278 e. The number of amides is 2. The molecule has 0 heterocycles. The molecule has 0 radical (unpaired) electrons. The molecule has 0 fully saturated rings. The van der Waals surface area contributed by atoms with Crippen molar-refractivity contribution in [3.05, 3.63) is 0 Å². The van der Waals surface area contributed by atoms with Crippen LogP contribution in [-0.2, 0) is 19.8 Å². The number of hydrogen-bond acceptors (Lipinski definition) is 4. The highest BCUT2D eigenvalue weighted by molar-refractivity contribution is 7.88. The highest BCUT2D eigenvalue weighted by atomic mass is 32.2. The SMILES string of the molecule is O=CNS(=O)(=O)NC=O. The summed E-state index contributed by atoms with van der Waals surface area (Å²) < 4.78 is 23.0. The van der Waals surface area contributed by atoms with E-state index >= 15 is 0 Å². The first-order valence-electron chi connectivity index (χ1n) is 1.79. The molecule has 52 valence electrons. The van der Waals surface area contributed by atoms with Crippen LogP contribution in [0.25, 0.3) is 0 Å². The fourth-order valence-electron chi connectivity index (χ4n) is 0.161. The lowest BCUT2D eigenvalue weighted by Crippen LogP contribution is -2.34. The second kappa shape index (κ2) is 3.02. The van der Waals surface area contributed by atoms with E-state index in [0.717, 1.165) is 0 Å². The van der Waals surface area contributed by atoms with Crippen molar-refractivity contribution in [2.45, 2.75) is 0 Å². The van der Waals surface area contributed by atoms with Gasteiger partial charge in [-0.3, -0.25) is 9.59 Å². The Morgan fingerprint density at radius 1 is 1.00 bits per heavy atom. The highest BCUT2D eigenvalue weighted by Crippen LogP contribution is 1.65. The molecule has 9 heavy (non-hydrogen) atoms. The van der Waals surface area contributed by atoms with Crippen LogP contribution in [0.4, 0.5) is 0 Å². The molecule has 0 aromatic heterocycles. The maximum absolute atomic E-state index is 10.1. The first-order valence-corrected chi connectivity index (χ1v) is 3.27. The molecule has 6 nitrogen and oxygen atoms in total. The van der Waals surface area contributed by atoms with Crippen LogP contribution in [0.15, 0.2) is 0 Å². The first kappa shape index (κ1) is 7.89. The predicted molar refractivity (Wildman–Crippen MR) is 27.3 cm³/mol. The summed E-state index contributed by atoms with van der Waals surface area (Å²) in [6.07, 6.45) is -0.0995. The summed E-state index contributed by atoms with van der Waals surface area (Å²) in [5, 5.41) is 0. The molecule has 0 aromatic carbocycles. The third kappa shape index (κ3) is 3.47. The van der Waals surface area contributed by atoms with Gasteiger partial charge in [0, 0.05) is 0 Å². The normalized spacial score (nSPS) is 9.78. The molecule has 0 spiro atoms. The van der Waals surface area contributed by atoms with Gasteiger partial charge in [0.15, 0.2) is 0 Å². The van der Waals surface area contributed by atoms with Gasteiger partial charge in [0.05, 0.1) is 0 Å². The van der Waals surface area contributed by atoms with Gasteiger partial charge in [-0.1, -0.05) is 0 Å². The lowest BCUT2D eigenvalue weighted by Gasteiger charge is -1.95. The summed E-state index contributed by atoms with van der Waals surface area (Å²) in [6, 6.07) is 0. The number of nitrogens with one attached hydrogen (secondary N) is 2. The third-order valence-electron chi connectivity index (χ3n) is 0.407. The summed E-state index contributed by atoms with van der Waals surface area (Å²) in [5.74, 6) is 0. The monoisotopic (exact) mass is 152 g/mol. The zero-order valence-electron chi connectivity index (χ0n) is 4.20. The van der Waals surface area contributed by atoms with Gasteiger partial charge >= 0.3 is 10.2 Å². The summed E-state index contributed by atoms with van der Waals surface area (Å²) in [7, 11) is -3.92. The molecular weight excluding hydrogens is 148 g/mol. The van der Waals surface area contributed by atoms with E-state index in [9.17, 15) is 18.0 Å². The predicted octanol–water partition coefficient (Wildman–Crippen LogP) is -2.28. The molecule has 0 aliphatic carbocycles. The topological polar surface area (TPSA) is 92.3 Å². The number of carbonyl (C=O) groups excluding carboxylic acids is 2. The van der Waals surface area contributed by atoms with Gasteiger partial charge in [-0.25, -0.2) is 9.44 Å². The number of rotatable bonds is 4. The molecule has 2 amide bonds. The van der Waals surface area contributed by atoms with Crippen LogP contribution in [0.2, 0.25) is 0 Å². The Hall–Kier alpha value is -1.11. The van der Waals surface area contributed by atoms with Crippen molar-refractivity contribution >= 4 is 23.0 Å². The highest BCUT2D eigenvalue weighted by Gasteiger charge is 2.02. The van der Waals surface area contributed by atoms with E-state index in [-0.39, 0.29) is 12.8 Å². The molecule has 0 unspecified atom stereocenters. The average molecular weight is 152 g/mol. The fraction of sp³-hybridized carbons (Fsp3) is 0. The van der Waals surface area contributed by atoms with Gasteiger partial charge in [-0.2, -0.15) is 8.42 Å². The van der Waals surface area contributed by atoms with E-state index in [4.69, 9.17) is 0 Å². The zero-order valence-corrected chi connectivity index (χ0v) is 5.01. The molecule has 0 aliphatic heterocycles. The van der Waals surface area contributed by atoms with Crippen LogP contribution < -0.4 is 9.44 Å². The molecule has 2 N–H and O–H groups in total. The molecule has 0 aliphatic rings. The van der Waals surface area contributed by atoms with Crippen LogP contribution in [0.3, 0.4) is 0 Å². The van der Waals surface area contributed by atoms with Crippen molar-refractivity contribution in [1.82, 2.24) is 9.44 Å². The van der Waals surface area contributed by atoms with Gasteiger partial charge in [0.2, 0.25) is 12.8 Å². The molecular formula is C2H4N2O4S. The van der Waals surface area contributed by atoms with E-state index in [1.165, 1.54) is 9.44 Å². The van der Waals surface area contributed by atoms with E-state index in [2.05, 4.69) is 0 Å². The summed E-state index contributed by atoms with van der Waals surface area (Å²) in [6.45, 7) is 0. The Labute approximate surface area is 51.4 Å². The van der Waals surface area contributed by atoms with Crippen molar-refractivity contribution in [3.63, 3.8) is 0 Å². The van der Waals surface area contributed by atoms with Crippen molar-refractivity contribution in [2.24, 2.45) is 0 Å². The Morgan fingerprint density at radius 3 is 1.56 bits per heavy atom. The van der Waals surface area contributed by atoms with Crippen LogP contribution in [0.1, 0.15) is 0 Å². The minimum atomic E-state index is -3.92. The van der Waals surface area contributed by atoms with Gasteiger partial charge in [0.25, 0.3) is 0 Å². The lowest BCUT2D eigenvalue weighted by atomic mass is 11.5. The van der Waals surface area contributed by atoms with Gasteiger partial charge in [-0.15, -0.1) is 0 Å². The summed E-state index contributed by atoms with van der Waals surface area (Å²) in [5.41, 5.74) is 0. The number of hydrogen-bond donors (Lipinski definition) is 2. The van der Waals surface area contributed by atoms with Crippen molar-refractivity contribution in [3.8, 4) is 0 Å². The summed E-state index contributed by atoms with van der Waals surface area (Å²) >= 11 is 0. The fourth-order valence-corrected chi connectivity index (χ4v) is 0.482. The molecule has 0 rings (SSSR count). The van der Waals surface area contributed by atoms with Crippen molar-refractivity contribution in [1.29, 1.82) is 0 Å². The van der Waals surface area contributed by atoms with Crippen LogP contribution in [0.5, 0.6) is 0 Å². The molecule has 0 bridgehead atoms. The Balaban J connectivity index is 4.03. The largest absolute Gasteiger partial charge is 0.325 e. The van der Waals surface area contributed by atoms with E-state index in [0.29, 0.717) is 0 Å². The lowest BCUT2D eigenvalue weighted by molar-refractivity contribution is -0.108. The minimum absolute atomic E-state index is 0.0498. The Bertz CT molecular complexity index is 179. The van der Waals surface area contributed by atoms with E-state index in [1.807, 2.05) is 0 Å². The third-order valence-corrected chi connectivity index (χ3v) is 1.22. The Kier molecular flexibility index (Phi) is 2.65. The van der Waals surface area contributed by atoms with Crippen molar-refractivity contribution < 1.29 is 18.0 Å². The van der Waals surface area contributed by atoms with Gasteiger partial charge in [-0.05, 0) is 0 Å². The second-order valence-electron chi connectivity index (χ2n) is 0.975. The Morgan fingerprint density at radius 2 is 1.33 bits per heavy atom. The first-order chi connectivity index (χ1) is 4.12. The van der Waals surface area contributed by atoms with E-state index < -0.39 is 10.2 Å². The van der Waals surface area contributed by atoms with Gasteiger partial charge < -0.3 is 0 Å². The average Bonchev–Trinajstić information content (AvgIpc) is 1.64. The molecule has 7 heteroatoms. The van der Waals surface area contributed by atoms with Gasteiger partial charge in [0.1, 0.15) is 0 Å². The maximum atomic E-state index is 10.1. The molecule has 0 aromatic rings. The zero-order chi connectivity index (χ0) is 7.33. The molecule has 0 saturated heterocycles. The maximum Gasteiger partial charge on any atom is 0.325 e. The molecule has 0 saturated carbocycles. The van der Waals surface area contributed by atoms with Crippen molar-refractivity contribution in [2.75, 3.05) is 0 Å². The smallest absolute Gasteiger partial charge is 0.278 e.